The van der Waals surface area contributed by atoms with Crippen molar-refractivity contribution < 1.29 is 27.9 Å². The van der Waals surface area contributed by atoms with Crippen LogP contribution in [0.15, 0.2) is 34.9 Å². The first-order valence-corrected chi connectivity index (χ1v) is 11.2. The number of rotatable bonds is 7. The molecule has 2 heterocycles. The Morgan fingerprint density at radius 3 is 2.91 bits per heavy atom. The van der Waals surface area contributed by atoms with Gasteiger partial charge in [0.25, 0.3) is 11.8 Å². The lowest BCUT2D eigenvalue weighted by Gasteiger charge is -2.39. The summed E-state index contributed by atoms with van der Waals surface area (Å²) < 4.78 is 29.8. The Morgan fingerprint density at radius 1 is 1.30 bits per heavy atom. The van der Waals surface area contributed by atoms with E-state index in [0.717, 1.165) is 24.5 Å². The van der Waals surface area contributed by atoms with Gasteiger partial charge < -0.3 is 24.5 Å². The zero-order valence-electron chi connectivity index (χ0n) is 17.7. The predicted molar refractivity (Wildman–Crippen MR) is 116 cm³/mol. The number of nitrogens with zero attached hydrogens (tertiary/aromatic N) is 1. The standard InChI is InChI=1S/C23H23ClFN3O5/c24-16-2-1-15(7-17(16)25)32-12-20(29)28-23-8-14(9-23)18(10-23)27-21(30)19-11-26-22(33-19)13-3-5-31-6-4-13/h1-3,7,11,14,18H,4-6,8-10,12H2,(H,27,30)(H,28,29)/t14?,18-,23?/m1/s1. The number of ether oxygens (including phenoxy) is 2. The van der Waals surface area contributed by atoms with Gasteiger partial charge in [0.05, 0.1) is 24.4 Å². The highest BCUT2D eigenvalue weighted by atomic mass is 35.5. The highest BCUT2D eigenvalue weighted by molar-refractivity contribution is 6.30. The molecular formula is C23H23ClFN3O5. The van der Waals surface area contributed by atoms with Gasteiger partial charge in [-0.05, 0) is 37.3 Å². The third kappa shape index (κ3) is 4.60. The molecule has 0 unspecified atom stereocenters. The molecule has 3 fully saturated rings. The number of amides is 2. The molecule has 8 nitrogen and oxygen atoms in total. The number of carbonyl (C=O) groups is 2. The summed E-state index contributed by atoms with van der Waals surface area (Å²) in [6.45, 7) is 0.888. The van der Waals surface area contributed by atoms with Crippen molar-refractivity contribution in [2.24, 2.45) is 5.92 Å². The van der Waals surface area contributed by atoms with Crippen LogP contribution < -0.4 is 15.4 Å². The summed E-state index contributed by atoms with van der Waals surface area (Å²) in [7, 11) is 0. The van der Waals surface area contributed by atoms with Crippen LogP contribution in [0, 0.1) is 11.7 Å². The molecule has 3 aliphatic carbocycles. The Morgan fingerprint density at radius 2 is 2.15 bits per heavy atom. The molecule has 1 aromatic carbocycles. The van der Waals surface area contributed by atoms with Crippen LogP contribution >= 0.6 is 11.6 Å². The lowest BCUT2D eigenvalue weighted by molar-refractivity contribution is -0.125. The van der Waals surface area contributed by atoms with Crippen LogP contribution in [0.2, 0.25) is 5.02 Å². The van der Waals surface area contributed by atoms with Crippen molar-refractivity contribution >= 4 is 29.0 Å². The normalized spacial score (nSPS) is 25.7. The van der Waals surface area contributed by atoms with Crippen LogP contribution in [0.25, 0.3) is 5.57 Å². The first-order chi connectivity index (χ1) is 15.9. The van der Waals surface area contributed by atoms with Crippen molar-refractivity contribution in [2.75, 3.05) is 19.8 Å². The number of hydrogen-bond donors (Lipinski definition) is 2. The van der Waals surface area contributed by atoms with Crippen molar-refractivity contribution in [1.82, 2.24) is 15.6 Å². The SMILES string of the molecule is O=C(COc1ccc(Cl)c(F)c1)NC12CC(C1)[C@H](NC(=O)c1cnc(C3=CCOCC3)o1)C2. The van der Waals surface area contributed by atoms with Crippen molar-refractivity contribution in [3.8, 4) is 5.75 Å². The molecule has 2 aromatic rings. The maximum atomic E-state index is 13.5. The monoisotopic (exact) mass is 475 g/mol. The second-order valence-corrected chi connectivity index (χ2v) is 9.14. The molecule has 33 heavy (non-hydrogen) atoms. The van der Waals surface area contributed by atoms with E-state index in [1.807, 2.05) is 6.08 Å². The molecule has 4 aliphatic rings. The fourth-order valence-electron chi connectivity index (χ4n) is 4.84. The minimum Gasteiger partial charge on any atom is -0.484 e. The highest BCUT2D eigenvalue weighted by Crippen LogP contribution is 2.52. The van der Waals surface area contributed by atoms with Gasteiger partial charge in [0.15, 0.2) is 6.61 Å². The van der Waals surface area contributed by atoms with Gasteiger partial charge in [-0.1, -0.05) is 17.7 Å². The summed E-state index contributed by atoms with van der Waals surface area (Å²) in [5.74, 6) is -0.0648. The molecule has 1 atom stereocenters. The highest BCUT2D eigenvalue weighted by Gasteiger charge is 2.57. The smallest absolute Gasteiger partial charge is 0.288 e. The Kier molecular flexibility index (Phi) is 5.84. The summed E-state index contributed by atoms with van der Waals surface area (Å²) in [6, 6.07) is 3.97. The van der Waals surface area contributed by atoms with Gasteiger partial charge in [0, 0.05) is 29.6 Å². The largest absolute Gasteiger partial charge is 0.484 e. The van der Waals surface area contributed by atoms with E-state index in [0.29, 0.717) is 37.9 Å². The van der Waals surface area contributed by atoms with E-state index in [4.69, 9.17) is 25.5 Å². The summed E-state index contributed by atoms with van der Waals surface area (Å²) in [5, 5.41) is 6.03. The molecule has 2 bridgehead atoms. The fraction of sp³-hybridized carbons (Fsp3) is 0.435. The lowest BCUT2D eigenvalue weighted by Crippen LogP contribution is -2.53. The molecule has 1 aliphatic heterocycles. The number of carbonyl (C=O) groups excluding carboxylic acids is 2. The molecule has 1 aromatic heterocycles. The third-order valence-corrected chi connectivity index (χ3v) is 6.74. The van der Waals surface area contributed by atoms with Crippen molar-refractivity contribution in [2.45, 2.75) is 37.3 Å². The fourth-order valence-corrected chi connectivity index (χ4v) is 4.96. The molecule has 10 heteroatoms. The molecular weight excluding hydrogens is 453 g/mol. The number of benzene rings is 1. The van der Waals surface area contributed by atoms with Gasteiger partial charge in [-0.15, -0.1) is 0 Å². The summed E-state index contributed by atoms with van der Waals surface area (Å²) in [6.07, 6.45) is 6.25. The number of fused-ring (bicyclic) bond motifs is 1. The zero-order valence-corrected chi connectivity index (χ0v) is 18.5. The molecule has 174 valence electrons. The summed E-state index contributed by atoms with van der Waals surface area (Å²) in [4.78, 5) is 29.3. The van der Waals surface area contributed by atoms with Gasteiger partial charge in [-0.25, -0.2) is 9.37 Å². The number of nitrogens with one attached hydrogen (secondary N) is 2. The zero-order chi connectivity index (χ0) is 23.0. The van der Waals surface area contributed by atoms with Crippen molar-refractivity contribution in [3.05, 3.63) is 53.0 Å². The Hall–Kier alpha value is -2.91. The van der Waals surface area contributed by atoms with E-state index >= 15 is 0 Å². The maximum Gasteiger partial charge on any atom is 0.288 e. The average Bonchev–Trinajstić information content (AvgIpc) is 3.48. The van der Waals surface area contributed by atoms with Gasteiger partial charge in [0.2, 0.25) is 11.7 Å². The Bertz CT molecular complexity index is 1110. The molecule has 2 amide bonds. The van der Waals surface area contributed by atoms with Gasteiger partial charge in [0.1, 0.15) is 11.6 Å². The molecule has 0 spiro atoms. The minimum atomic E-state index is -0.604. The van der Waals surface area contributed by atoms with Crippen molar-refractivity contribution in [1.29, 1.82) is 0 Å². The average molecular weight is 476 g/mol. The van der Waals surface area contributed by atoms with Gasteiger partial charge >= 0.3 is 0 Å². The Labute approximate surface area is 194 Å². The Balaban J connectivity index is 1.12. The van der Waals surface area contributed by atoms with Crippen LogP contribution in [0.3, 0.4) is 0 Å². The molecule has 2 N–H and O–H groups in total. The van der Waals surface area contributed by atoms with E-state index in [2.05, 4.69) is 15.6 Å². The van der Waals surface area contributed by atoms with Crippen LogP contribution in [0.5, 0.6) is 5.75 Å². The molecule has 0 radical (unpaired) electrons. The second-order valence-electron chi connectivity index (χ2n) is 8.73. The van der Waals surface area contributed by atoms with E-state index in [1.54, 1.807) is 0 Å². The summed E-state index contributed by atoms with van der Waals surface area (Å²) in [5.41, 5.74) is 0.585. The quantitative estimate of drug-likeness (QED) is 0.638. The maximum absolute atomic E-state index is 13.5. The second kappa shape index (κ2) is 8.79. The summed E-state index contributed by atoms with van der Waals surface area (Å²) >= 11 is 5.65. The third-order valence-electron chi connectivity index (χ3n) is 6.44. The minimum absolute atomic E-state index is 0.00697. The first kappa shape index (κ1) is 21.9. The number of aromatic nitrogens is 1. The van der Waals surface area contributed by atoms with E-state index in [-0.39, 0.29) is 46.5 Å². The van der Waals surface area contributed by atoms with E-state index < -0.39 is 5.82 Å². The van der Waals surface area contributed by atoms with Gasteiger partial charge in [-0.2, -0.15) is 0 Å². The van der Waals surface area contributed by atoms with Gasteiger partial charge in [-0.3, -0.25) is 9.59 Å². The van der Waals surface area contributed by atoms with Crippen LogP contribution in [0.1, 0.15) is 42.1 Å². The lowest BCUT2D eigenvalue weighted by atomic mass is 9.76. The molecule has 0 saturated heterocycles. The van der Waals surface area contributed by atoms with Crippen LogP contribution in [-0.2, 0) is 9.53 Å². The van der Waals surface area contributed by atoms with Crippen LogP contribution in [-0.4, -0.2) is 48.2 Å². The van der Waals surface area contributed by atoms with E-state index in [9.17, 15) is 14.0 Å². The predicted octanol–water partition coefficient (Wildman–Crippen LogP) is 3.12. The number of hydrogen-bond acceptors (Lipinski definition) is 6. The molecule has 3 saturated carbocycles. The molecule has 6 rings (SSSR count). The number of oxazole rings is 1. The first-order valence-electron chi connectivity index (χ1n) is 10.8. The van der Waals surface area contributed by atoms with E-state index in [1.165, 1.54) is 18.3 Å². The number of halogens is 2. The van der Waals surface area contributed by atoms with Crippen LogP contribution in [0.4, 0.5) is 4.39 Å². The van der Waals surface area contributed by atoms with Crippen molar-refractivity contribution in [3.63, 3.8) is 0 Å². The topological polar surface area (TPSA) is 103 Å².